The van der Waals surface area contributed by atoms with Crippen LogP contribution in [0.4, 0.5) is 13.2 Å². The lowest BCUT2D eigenvalue weighted by Gasteiger charge is -2.36. The Morgan fingerprint density at radius 3 is 2.39 bits per heavy atom. The van der Waals surface area contributed by atoms with Gasteiger partial charge in [0.25, 0.3) is 0 Å². The van der Waals surface area contributed by atoms with E-state index in [9.17, 15) is 14.4 Å². The van der Waals surface area contributed by atoms with E-state index in [1.165, 1.54) is 37.3 Å². The first-order valence-electron chi connectivity index (χ1n) is 21.3. The van der Waals surface area contributed by atoms with Crippen molar-refractivity contribution in [3.8, 4) is 6.07 Å². The quantitative estimate of drug-likeness (QED) is 0.140. The Morgan fingerprint density at radius 1 is 1.19 bits per heavy atom. The van der Waals surface area contributed by atoms with E-state index in [2.05, 4.69) is 70.7 Å². The number of fused-ring (bicyclic) bond motifs is 2. The molecule has 2 fully saturated rings. The van der Waals surface area contributed by atoms with E-state index in [1.54, 1.807) is 6.07 Å². The summed E-state index contributed by atoms with van der Waals surface area (Å²) < 4.78 is 49.9. The zero-order valence-corrected chi connectivity index (χ0v) is 38.6. The number of ketones is 1. The van der Waals surface area contributed by atoms with E-state index >= 15 is 8.78 Å². The second-order valence-electron chi connectivity index (χ2n) is 17.2. The molecule has 1 aromatic heterocycles. The molecular formula is C49H69F3N4O2S. The van der Waals surface area contributed by atoms with E-state index in [0.29, 0.717) is 62.3 Å². The van der Waals surface area contributed by atoms with Crippen molar-refractivity contribution in [1.82, 2.24) is 9.80 Å². The van der Waals surface area contributed by atoms with Crippen LogP contribution in [0.25, 0.3) is 15.7 Å². The van der Waals surface area contributed by atoms with E-state index in [0.717, 1.165) is 62.2 Å². The number of hydrogen-bond acceptors (Lipinski definition) is 7. The predicted octanol–water partition coefficient (Wildman–Crippen LogP) is 13.3. The standard InChI is InChI=1S/C43H58F2N4OS.C4H6O.C2H5F/c1-12-27(6)14-17-36(25(2)3)48(11)30(9)33-20-29(8)37(32-15-16-35(44)42-38(32)34(22-46)41(51-42)26(4)5)39(45)40(33)47-31(10)50-24-43-18-13-19-49(43)23-28(7)21-43;1-3-4(2)5;1-2-3/h15-16,20,25-28,36H,10,12-14,17-19,21,23-24H2,1-9,11H3;3H,1H2,2H3;2H2,1H3/b33-30+,47-40+;;/t27?,28-,36?,43?;;/m1../s1. The average Bonchev–Trinajstić information content (AvgIpc) is 3.86. The molecule has 5 rings (SSSR count). The third-order valence-electron chi connectivity index (χ3n) is 12.0. The SMILES string of the molecule is C=C(/N=C1/C(F)=C(c2ccc(F)c3sc(C(C)C)c(C#N)c23)C(C)=C/C1=C(/C)N(C)C(CCC(C)CC)C(C)C)OCC12CCCN1C[C@H](C)C2.C=CC(C)=O.CCF. The molecule has 0 saturated carbocycles. The van der Waals surface area contributed by atoms with Gasteiger partial charge in [-0.25, -0.2) is 13.8 Å². The Bertz CT molecular complexity index is 2000. The second-order valence-corrected chi connectivity index (χ2v) is 18.3. The summed E-state index contributed by atoms with van der Waals surface area (Å²) in [7, 11) is 2.10. The summed E-state index contributed by atoms with van der Waals surface area (Å²) in [5.74, 6) is 0.893. The van der Waals surface area contributed by atoms with Crippen LogP contribution in [-0.2, 0) is 9.53 Å². The molecule has 1 aromatic carbocycles. The molecular weight excluding hydrogens is 766 g/mol. The number of nitrogens with zero attached hydrogens (tertiary/aromatic N) is 4. The van der Waals surface area contributed by atoms with Crippen molar-refractivity contribution >= 4 is 38.5 Å². The summed E-state index contributed by atoms with van der Waals surface area (Å²) in [4.78, 5) is 20.2. The summed E-state index contributed by atoms with van der Waals surface area (Å²) in [5.41, 5.74) is 3.64. The first-order chi connectivity index (χ1) is 27.8. The largest absolute Gasteiger partial charge is 0.476 e. The molecule has 2 aromatic rings. The van der Waals surface area contributed by atoms with Gasteiger partial charge in [0.15, 0.2) is 11.6 Å². The van der Waals surface area contributed by atoms with Crippen LogP contribution in [0, 0.1) is 34.9 Å². The predicted molar refractivity (Wildman–Crippen MR) is 243 cm³/mol. The molecule has 2 saturated heterocycles. The van der Waals surface area contributed by atoms with Crippen molar-refractivity contribution in [2.45, 2.75) is 132 Å². The van der Waals surface area contributed by atoms with E-state index in [-0.39, 0.29) is 41.6 Å². The number of aliphatic imine (C=N–C) groups is 1. The van der Waals surface area contributed by atoms with Gasteiger partial charge < -0.3 is 9.64 Å². The number of halogens is 3. The van der Waals surface area contributed by atoms with Crippen molar-refractivity contribution in [3.05, 3.63) is 87.8 Å². The van der Waals surface area contributed by atoms with E-state index < -0.39 is 11.6 Å². The highest BCUT2D eigenvalue weighted by Crippen LogP contribution is 2.46. The Morgan fingerprint density at radius 2 is 1.83 bits per heavy atom. The maximum atomic E-state index is 17.6. The van der Waals surface area contributed by atoms with Gasteiger partial charge in [-0.05, 0) is 126 Å². The van der Waals surface area contributed by atoms with Crippen molar-refractivity contribution in [1.29, 1.82) is 5.26 Å². The number of carbonyl (C=O) groups excluding carboxylic acids is 1. The number of hydrogen-bond donors (Lipinski definition) is 0. The minimum atomic E-state index is -0.521. The highest BCUT2D eigenvalue weighted by atomic mass is 32.1. The number of carbonyl (C=O) groups is 1. The van der Waals surface area contributed by atoms with Gasteiger partial charge in [0.1, 0.15) is 24.2 Å². The highest BCUT2D eigenvalue weighted by molar-refractivity contribution is 7.19. The molecule has 324 valence electrons. The van der Waals surface area contributed by atoms with Crippen LogP contribution in [0.15, 0.2) is 71.0 Å². The number of nitriles is 1. The van der Waals surface area contributed by atoms with Crippen LogP contribution in [0.3, 0.4) is 0 Å². The molecule has 0 N–H and O–H groups in total. The van der Waals surface area contributed by atoms with Crippen LogP contribution in [0.1, 0.15) is 137 Å². The van der Waals surface area contributed by atoms with Gasteiger partial charge in [-0.15, -0.1) is 11.3 Å². The van der Waals surface area contributed by atoms with E-state index in [4.69, 9.17) is 9.73 Å². The summed E-state index contributed by atoms with van der Waals surface area (Å²) in [6, 6.07) is 5.57. The van der Waals surface area contributed by atoms with Crippen molar-refractivity contribution < 1.29 is 22.7 Å². The van der Waals surface area contributed by atoms with Gasteiger partial charge in [0.05, 0.1) is 22.5 Å². The average molecular weight is 835 g/mol. The number of allylic oxidation sites excluding steroid dienone is 7. The molecule has 0 bridgehead atoms. The third-order valence-corrected chi connectivity index (χ3v) is 13.5. The first kappa shape index (κ1) is 49.4. The molecule has 3 aliphatic rings. The molecule has 10 heteroatoms. The lowest BCUT2D eigenvalue weighted by molar-refractivity contribution is -0.112. The maximum absolute atomic E-state index is 17.6. The van der Waals surface area contributed by atoms with Crippen LogP contribution < -0.4 is 0 Å². The Kier molecular flexibility index (Phi) is 18.5. The molecule has 0 radical (unpaired) electrons. The molecule has 59 heavy (non-hydrogen) atoms. The molecule has 6 nitrogen and oxygen atoms in total. The van der Waals surface area contributed by atoms with Gasteiger partial charge in [-0.3, -0.25) is 14.1 Å². The monoisotopic (exact) mass is 835 g/mol. The van der Waals surface area contributed by atoms with Gasteiger partial charge in [-0.2, -0.15) is 5.26 Å². The fraction of sp³-hybridized carbons (Fsp3) is 0.571. The molecule has 3 unspecified atom stereocenters. The number of ether oxygens (including phenoxy) is 1. The van der Waals surface area contributed by atoms with Gasteiger partial charge in [0.2, 0.25) is 5.88 Å². The zero-order chi connectivity index (χ0) is 44.4. The third kappa shape index (κ3) is 11.7. The minimum absolute atomic E-state index is 0.0174. The molecule has 3 heterocycles. The number of thiophene rings is 1. The molecule has 0 amide bonds. The van der Waals surface area contributed by atoms with Gasteiger partial charge >= 0.3 is 0 Å². The molecule has 4 atom stereocenters. The number of benzene rings is 1. The Balaban J connectivity index is 0.00000107. The van der Waals surface area contributed by atoms with Crippen molar-refractivity contribution in [2.75, 3.05) is 33.4 Å². The van der Waals surface area contributed by atoms with Crippen molar-refractivity contribution in [3.63, 3.8) is 0 Å². The normalized spacial score (nSPS) is 21.6. The van der Waals surface area contributed by atoms with E-state index in [1.807, 2.05) is 33.8 Å². The van der Waals surface area contributed by atoms with Crippen LogP contribution >= 0.6 is 11.3 Å². The fourth-order valence-corrected chi connectivity index (χ4v) is 9.85. The smallest absolute Gasteiger partial charge is 0.206 e. The fourth-order valence-electron chi connectivity index (χ4n) is 8.67. The van der Waals surface area contributed by atoms with Crippen LogP contribution in [-0.4, -0.2) is 66.3 Å². The molecule has 1 aliphatic carbocycles. The summed E-state index contributed by atoms with van der Waals surface area (Å²) >= 11 is 1.28. The summed E-state index contributed by atoms with van der Waals surface area (Å²) in [6.07, 6.45) is 9.84. The number of alkyl halides is 1. The first-order valence-corrected chi connectivity index (χ1v) is 22.2. The van der Waals surface area contributed by atoms with Gasteiger partial charge in [0, 0.05) is 46.7 Å². The molecule has 2 aliphatic heterocycles. The second kappa shape index (κ2) is 22.1. The maximum Gasteiger partial charge on any atom is 0.206 e. The Labute approximate surface area is 357 Å². The minimum Gasteiger partial charge on any atom is -0.476 e. The van der Waals surface area contributed by atoms with Crippen LogP contribution in [0.5, 0.6) is 0 Å². The molecule has 0 spiro atoms. The number of rotatable bonds is 14. The summed E-state index contributed by atoms with van der Waals surface area (Å²) in [5, 5.41) is 10.8. The summed E-state index contributed by atoms with van der Waals surface area (Å²) in [6.45, 7) is 31.9. The zero-order valence-electron chi connectivity index (χ0n) is 37.8. The Hall–Kier alpha value is -3.94. The lowest BCUT2D eigenvalue weighted by Crippen LogP contribution is -2.42. The van der Waals surface area contributed by atoms with Crippen LogP contribution in [0.2, 0.25) is 0 Å². The lowest BCUT2D eigenvalue weighted by atomic mass is 9.85. The van der Waals surface area contributed by atoms with Crippen molar-refractivity contribution in [2.24, 2.45) is 22.7 Å². The topological polar surface area (TPSA) is 68.9 Å². The van der Waals surface area contributed by atoms with Gasteiger partial charge in [-0.1, -0.05) is 67.5 Å². The highest BCUT2D eigenvalue weighted by Gasteiger charge is 2.47.